The number of fused-ring (bicyclic) bond motifs is 1. The van der Waals surface area contributed by atoms with Crippen LogP contribution in [0.1, 0.15) is 11.3 Å². The molecule has 0 atom stereocenters. The Morgan fingerprint density at radius 1 is 1.14 bits per heavy atom. The quantitative estimate of drug-likeness (QED) is 0.929. The van der Waals surface area contributed by atoms with Gasteiger partial charge in [-0.2, -0.15) is 0 Å². The van der Waals surface area contributed by atoms with E-state index >= 15 is 0 Å². The second-order valence-electron chi connectivity index (χ2n) is 5.85. The van der Waals surface area contributed by atoms with Crippen molar-refractivity contribution >= 4 is 21.1 Å². The first-order valence-electron chi connectivity index (χ1n) is 7.70. The Morgan fingerprint density at radius 3 is 2.55 bits per heavy atom. The molecule has 1 N–H and O–H groups in total. The molecule has 0 saturated carbocycles. The molecule has 2 aromatic rings. The SMILES string of the molecule is CN[C](=[V])N1CCN(c2cc(C)nc3ccc(C)cc23)CC1. The average Bonchev–Trinajstić information content (AvgIpc) is 2.54. The Bertz CT molecular complexity index is 705. The van der Waals surface area contributed by atoms with Crippen LogP contribution in [-0.4, -0.2) is 47.6 Å². The maximum absolute atomic E-state index is 4.68. The predicted octanol–water partition coefficient (Wildman–Crippen LogP) is 1.83. The monoisotopic (exact) mass is 333 g/mol. The van der Waals surface area contributed by atoms with Crippen LogP contribution in [0.5, 0.6) is 0 Å². The molecule has 1 aliphatic heterocycles. The van der Waals surface area contributed by atoms with Crippen molar-refractivity contribution in [2.24, 2.45) is 0 Å². The van der Waals surface area contributed by atoms with E-state index in [9.17, 15) is 0 Å². The third kappa shape index (κ3) is 3.11. The maximum atomic E-state index is 4.68. The molecular formula is C17H22N4V. The fraction of sp³-hybridized carbons (Fsp3) is 0.412. The molecule has 115 valence electrons. The number of hydrogen-bond donors (Lipinski definition) is 1. The van der Waals surface area contributed by atoms with Crippen LogP contribution in [0, 0.1) is 13.8 Å². The Hall–Kier alpha value is -1.20. The first-order chi connectivity index (χ1) is 10.6. The molecule has 0 aliphatic carbocycles. The van der Waals surface area contributed by atoms with Gasteiger partial charge in [0.1, 0.15) is 0 Å². The number of rotatable bonds is 3. The number of aryl methyl sites for hydroxylation is 2. The van der Waals surface area contributed by atoms with E-state index in [1.54, 1.807) is 0 Å². The molecule has 1 aromatic heterocycles. The molecule has 5 heteroatoms. The van der Waals surface area contributed by atoms with E-state index in [2.05, 4.69) is 75.2 Å². The van der Waals surface area contributed by atoms with Crippen LogP contribution in [0.25, 0.3) is 10.9 Å². The van der Waals surface area contributed by atoms with Gasteiger partial charge in [-0.25, -0.2) is 0 Å². The number of nitrogens with zero attached hydrogens (tertiary/aromatic N) is 3. The van der Waals surface area contributed by atoms with Crippen LogP contribution in [-0.2, 0) is 17.0 Å². The number of hydrogen-bond acceptors (Lipinski definition) is 4. The number of aromatic nitrogens is 1. The van der Waals surface area contributed by atoms with E-state index in [0.29, 0.717) is 0 Å². The predicted molar refractivity (Wildman–Crippen MR) is 89.1 cm³/mol. The number of anilines is 1. The van der Waals surface area contributed by atoms with Gasteiger partial charge in [-0.3, -0.25) is 0 Å². The molecule has 0 spiro atoms. The standard InChI is InChI=1S/C17H22N4.V/c1-13-4-5-16-15(10-13)17(11-14(2)19-16)21-8-6-20(7-9-21)12-18-3;/h4-5,10-11,18H,6-9H2,1-3H3;. The van der Waals surface area contributed by atoms with Crippen LogP contribution in [0.4, 0.5) is 5.69 Å². The van der Waals surface area contributed by atoms with E-state index in [0.717, 1.165) is 37.4 Å². The van der Waals surface area contributed by atoms with Crippen molar-refractivity contribution < 1.29 is 17.0 Å². The number of piperazine rings is 1. The molecule has 2 heterocycles. The van der Waals surface area contributed by atoms with E-state index < -0.39 is 0 Å². The van der Waals surface area contributed by atoms with Crippen molar-refractivity contribution in [3.05, 3.63) is 35.5 Å². The molecule has 1 saturated heterocycles. The topological polar surface area (TPSA) is 31.4 Å². The van der Waals surface area contributed by atoms with Crippen LogP contribution in [0.2, 0.25) is 0 Å². The molecule has 22 heavy (non-hydrogen) atoms. The second kappa shape index (κ2) is 6.51. The molecule has 1 aliphatic rings. The summed E-state index contributed by atoms with van der Waals surface area (Å²) in [6.07, 6.45) is 0. The van der Waals surface area contributed by atoms with Gasteiger partial charge in [0.2, 0.25) is 0 Å². The molecule has 0 amide bonds. The molecule has 1 fully saturated rings. The summed E-state index contributed by atoms with van der Waals surface area (Å²) in [5, 5.41) is 4.49. The third-order valence-corrected chi connectivity index (χ3v) is 5.00. The van der Waals surface area contributed by atoms with E-state index in [1.807, 2.05) is 7.05 Å². The van der Waals surface area contributed by atoms with Gasteiger partial charge in [0.25, 0.3) is 0 Å². The fourth-order valence-corrected chi connectivity index (χ4v) is 3.34. The summed E-state index contributed by atoms with van der Waals surface area (Å²) in [6.45, 7) is 8.38. The first kappa shape index (κ1) is 15.7. The van der Waals surface area contributed by atoms with Gasteiger partial charge in [-0.1, -0.05) is 0 Å². The second-order valence-corrected chi connectivity index (χ2v) is 6.51. The van der Waals surface area contributed by atoms with Crippen LogP contribution >= 0.6 is 0 Å². The summed E-state index contributed by atoms with van der Waals surface area (Å²) in [5.74, 6) is 0. The molecule has 0 bridgehead atoms. The summed E-state index contributed by atoms with van der Waals surface area (Å²) in [4.78, 5) is 9.55. The van der Waals surface area contributed by atoms with Gasteiger partial charge in [-0.05, 0) is 0 Å². The average molecular weight is 333 g/mol. The Balaban J connectivity index is 1.91. The summed E-state index contributed by atoms with van der Waals surface area (Å²) in [6, 6.07) is 8.75. The fourth-order valence-electron chi connectivity index (χ4n) is 3.03. The molecule has 3 rings (SSSR count). The number of pyridine rings is 1. The van der Waals surface area contributed by atoms with Gasteiger partial charge in [-0.15, -0.1) is 0 Å². The zero-order valence-corrected chi connectivity index (χ0v) is 14.8. The van der Waals surface area contributed by atoms with Crippen molar-refractivity contribution in [3.63, 3.8) is 0 Å². The normalized spacial score (nSPS) is 16.2. The van der Waals surface area contributed by atoms with E-state index in [4.69, 9.17) is 0 Å². The Morgan fingerprint density at radius 2 is 1.86 bits per heavy atom. The van der Waals surface area contributed by atoms with Crippen LogP contribution in [0.15, 0.2) is 24.3 Å². The summed E-state index contributed by atoms with van der Waals surface area (Å²) < 4.78 is 1.19. The Kier molecular flexibility index (Phi) is 4.64. The molecule has 1 aromatic carbocycles. The zero-order valence-electron chi connectivity index (χ0n) is 13.4. The summed E-state index contributed by atoms with van der Waals surface area (Å²) in [7, 11) is 1.97. The minimum absolute atomic E-state index is 1.04. The van der Waals surface area contributed by atoms with Crippen molar-refractivity contribution in [1.82, 2.24) is 15.2 Å². The third-order valence-electron chi connectivity index (χ3n) is 4.21. The van der Waals surface area contributed by atoms with Crippen molar-refractivity contribution in [2.75, 3.05) is 38.1 Å². The van der Waals surface area contributed by atoms with Crippen molar-refractivity contribution in [2.45, 2.75) is 13.8 Å². The first-order valence-corrected chi connectivity index (χ1v) is 8.40. The van der Waals surface area contributed by atoms with Gasteiger partial charge in [0, 0.05) is 0 Å². The number of nitrogens with one attached hydrogen (secondary N) is 1. The Labute approximate surface area is 141 Å². The molecule has 0 radical (unpaired) electrons. The van der Waals surface area contributed by atoms with Crippen molar-refractivity contribution in [1.29, 1.82) is 0 Å². The minimum atomic E-state index is 1.04. The van der Waals surface area contributed by atoms with Gasteiger partial charge < -0.3 is 0 Å². The van der Waals surface area contributed by atoms with Crippen LogP contribution < -0.4 is 10.2 Å². The zero-order chi connectivity index (χ0) is 15.7. The van der Waals surface area contributed by atoms with E-state index in [1.165, 1.54) is 21.1 Å². The van der Waals surface area contributed by atoms with Crippen LogP contribution in [0.3, 0.4) is 0 Å². The van der Waals surface area contributed by atoms with Crippen molar-refractivity contribution in [3.8, 4) is 0 Å². The molecule has 0 unspecified atom stereocenters. The molecule has 4 nitrogen and oxygen atoms in total. The number of benzene rings is 1. The van der Waals surface area contributed by atoms with Gasteiger partial charge in [0.15, 0.2) is 0 Å². The van der Waals surface area contributed by atoms with Gasteiger partial charge >= 0.3 is 141 Å². The summed E-state index contributed by atoms with van der Waals surface area (Å²) in [5.41, 5.74) is 4.79. The van der Waals surface area contributed by atoms with Gasteiger partial charge in [0.05, 0.1) is 0 Å². The molecular weight excluding hydrogens is 311 g/mol. The summed E-state index contributed by atoms with van der Waals surface area (Å²) >= 11 is 2.62. The van der Waals surface area contributed by atoms with E-state index in [-0.39, 0.29) is 0 Å².